The van der Waals surface area contributed by atoms with Crippen molar-refractivity contribution in [3.05, 3.63) is 12.2 Å². The second-order valence-corrected chi connectivity index (χ2v) is 10.9. The summed E-state index contributed by atoms with van der Waals surface area (Å²) in [5.74, 6) is 0.252. The minimum absolute atomic E-state index is 0.252. The molecule has 0 aromatic carbocycles. The van der Waals surface area contributed by atoms with E-state index in [1.165, 1.54) is 0 Å². The first-order valence-corrected chi connectivity index (χ1v) is 8.47. The van der Waals surface area contributed by atoms with Crippen molar-refractivity contribution in [2.75, 3.05) is 0 Å². The summed E-state index contributed by atoms with van der Waals surface area (Å²) in [6.45, 7) is 16.5. The Bertz CT molecular complexity index is 209. The monoisotopic (exact) mass is 198 g/mol. The molecule has 0 fully saturated rings. The molecule has 2 heteroatoms. The molecule has 0 saturated heterocycles. The van der Waals surface area contributed by atoms with Crippen molar-refractivity contribution in [3.63, 3.8) is 0 Å². The van der Waals surface area contributed by atoms with Crippen molar-refractivity contribution < 1.29 is 4.79 Å². The van der Waals surface area contributed by atoms with Crippen LogP contribution in [0.5, 0.6) is 0 Å². The molecule has 1 nitrogen and oxygen atoms in total. The van der Waals surface area contributed by atoms with Crippen LogP contribution in [0, 0.1) is 5.41 Å². The highest BCUT2D eigenvalue weighted by atomic mass is 28.3. The van der Waals surface area contributed by atoms with E-state index in [9.17, 15) is 4.79 Å². The summed E-state index contributed by atoms with van der Waals surface area (Å²) in [6.07, 6.45) is 0. The standard InChI is InChI=1S/C11H22OSi/c1-9(2)11(4,10(3)12)8-13(5,6)7/h1,8H2,2-7H3. The summed E-state index contributed by atoms with van der Waals surface area (Å²) >= 11 is 0. The van der Waals surface area contributed by atoms with E-state index in [-0.39, 0.29) is 11.2 Å². The van der Waals surface area contributed by atoms with Gasteiger partial charge in [0.15, 0.2) is 0 Å². The lowest BCUT2D eigenvalue weighted by Gasteiger charge is -2.33. The van der Waals surface area contributed by atoms with E-state index in [4.69, 9.17) is 0 Å². The molecule has 0 aliphatic carbocycles. The fourth-order valence-corrected chi connectivity index (χ4v) is 4.31. The van der Waals surface area contributed by atoms with Crippen LogP contribution in [0.4, 0.5) is 0 Å². The molecule has 0 aromatic rings. The SMILES string of the molecule is C=C(C)C(C)(C[Si](C)(C)C)C(C)=O. The highest BCUT2D eigenvalue weighted by Gasteiger charge is 2.35. The molecule has 0 saturated carbocycles. The van der Waals surface area contributed by atoms with Crippen LogP contribution in [0.2, 0.25) is 25.7 Å². The van der Waals surface area contributed by atoms with Crippen LogP contribution < -0.4 is 0 Å². The lowest BCUT2D eigenvalue weighted by molar-refractivity contribution is -0.123. The van der Waals surface area contributed by atoms with Crippen LogP contribution in [0.25, 0.3) is 0 Å². The molecule has 0 heterocycles. The van der Waals surface area contributed by atoms with Gasteiger partial charge in [0.2, 0.25) is 0 Å². The average molecular weight is 198 g/mol. The molecule has 0 aromatic heterocycles. The van der Waals surface area contributed by atoms with Gasteiger partial charge in [0.05, 0.1) is 0 Å². The van der Waals surface area contributed by atoms with Gasteiger partial charge in [0.1, 0.15) is 5.78 Å². The number of ketones is 1. The summed E-state index contributed by atoms with van der Waals surface area (Å²) in [7, 11) is -1.20. The quantitative estimate of drug-likeness (QED) is 0.499. The fraction of sp³-hybridized carbons (Fsp3) is 0.727. The Kier molecular flexibility index (Phi) is 3.68. The first-order valence-electron chi connectivity index (χ1n) is 4.76. The third-order valence-corrected chi connectivity index (χ3v) is 4.37. The van der Waals surface area contributed by atoms with Crippen molar-refractivity contribution in [1.82, 2.24) is 0 Å². The van der Waals surface area contributed by atoms with E-state index in [2.05, 4.69) is 26.2 Å². The van der Waals surface area contributed by atoms with Gasteiger partial charge in [-0.15, -0.1) is 0 Å². The average Bonchev–Trinajstić information content (AvgIpc) is 1.82. The number of allylic oxidation sites excluding steroid dienone is 1. The Labute approximate surface area is 83.2 Å². The van der Waals surface area contributed by atoms with E-state index in [1.54, 1.807) is 6.92 Å². The molecule has 76 valence electrons. The van der Waals surface area contributed by atoms with Crippen LogP contribution in [0.1, 0.15) is 20.8 Å². The van der Waals surface area contributed by atoms with Gasteiger partial charge in [0.25, 0.3) is 0 Å². The minimum atomic E-state index is -1.20. The third kappa shape index (κ3) is 3.47. The smallest absolute Gasteiger partial charge is 0.139 e. The zero-order valence-electron chi connectivity index (χ0n) is 9.82. The van der Waals surface area contributed by atoms with Crippen LogP contribution >= 0.6 is 0 Å². The van der Waals surface area contributed by atoms with E-state index in [1.807, 2.05) is 13.8 Å². The Morgan fingerprint density at radius 2 is 1.69 bits per heavy atom. The van der Waals surface area contributed by atoms with Crippen molar-refractivity contribution in [2.45, 2.75) is 46.5 Å². The maximum absolute atomic E-state index is 11.5. The van der Waals surface area contributed by atoms with Crippen molar-refractivity contribution >= 4 is 13.9 Å². The lowest BCUT2D eigenvalue weighted by atomic mass is 9.82. The van der Waals surface area contributed by atoms with Gasteiger partial charge in [-0.1, -0.05) is 31.8 Å². The summed E-state index contributed by atoms with van der Waals surface area (Å²) in [4.78, 5) is 11.5. The summed E-state index contributed by atoms with van der Waals surface area (Å²) < 4.78 is 0. The Hall–Kier alpha value is -0.373. The van der Waals surface area contributed by atoms with Gasteiger partial charge in [-0.25, -0.2) is 0 Å². The highest BCUT2D eigenvalue weighted by molar-refractivity contribution is 6.76. The lowest BCUT2D eigenvalue weighted by Crippen LogP contribution is -2.36. The molecule has 0 N–H and O–H groups in total. The first kappa shape index (κ1) is 12.6. The van der Waals surface area contributed by atoms with Gasteiger partial charge < -0.3 is 0 Å². The summed E-state index contributed by atoms with van der Waals surface area (Å²) in [5.41, 5.74) is 0.715. The molecule has 1 atom stereocenters. The van der Waals surface area contributed by atoms with Crippen LogP contribution in [0.15, 0.2) is 12.2 Å². The van der Waals surface area contributed by atoms with Gasteiger partial charge in [0, 0.05) is 13.5 Å². The molecule has 0 spiro atoms. The number of carbonyl (C=O) groups excluding carboxylic acids is 1. The highest BCUT2D eigenvalue weighted by Crippen LogP contribution is 2.35. The molecule has 0 bridgehead atoms. The molecule has 1 unspecified atom stereocenters. The van der Waals surface area contributed by atoms with E-state index in [0.29, 0.717) is 0 Å². The predicted molar refractivity (Wildman–Crippen MR) is 61.8 cm³/mol. The fourth-order valence-electron chi connectivity index (χ4n) is 1.64. The molecular formula is C11H22OSi. The molecule has 13 heavy (non-hydrogen) atoms. The van der Waals surface area contributed by atoms with Crippen LogP contribution in [-0.2, 0) is 4.79 Å². The number of hydrogen-bond donors (Lipinski definition) is 0. The van der Waals surface area contributed by atoms with Gasteiger partial charge >= 0.3 is 0 Å². The second-order valence-electron chi connectivity index (χ2n) is 5.41. The minimum Gasteiger partial charge on any atom is -0.299 e. The molecule has 0 aliphatic heterocycles. The molecular weight excluding hydrogens is 176 g/mol. The van der Waals surface area contributed by atoms with Gasteiger partial charge in [-0.2, -0.15) is 0 Å². The Balaban J connectivity index is 4.84. The third-order valence-electron chi connectivity index (χ3n) is 2.60. The van der Waals surface area contributed by atoms with Gasteiger partial charge in [-0.05, 0) is 26.8 Å². The van der Waals surface area contributed by atoms with Crippen molar-refractivity contribution in [2.24, 2.45) is 5.41 Å². The number of carbonyl (C=O) groups is 1. The van der Waals surface area contributed by atoms with Crippen LogP contribution in [-0.4, -0.2) is 13.9 Å². The van der Waals surface area contributed by atoms with E-state index in [0.717, 1.165) is 11.6 Å². The summed E-state index contributed by atoms with van der Waals surface area (Å²) in [5, 5.41) is 0. The maximum atomic E-state index is 11.5. The Morgan fingerprint density at radius 1 is 1.31 bits per heavy atom. The first-order chi connectivity index (χ1) is 5.59. The topological polar surface area (TPSA) is 17.1 Å². The number of hydrogen-bond acceptors (Lipinski definition) is 1. The van der Waals surface area contributed by atoms with E-state index >= 15 is 0 Å². The largest absolute Gasteiger partial charge is 0.299 e. The Morgan fingerprint density at radius 3 is 1.77 bits per heavy atom. The summed E-state index contributed by atoms with van der Waals surface area (Å²) in [6, 6.07) is 1.00. The van der Waals surface area contributed by atoms with Gasteiger partial charge in [-0.3, -0.25) is 4.79 Å². The van der Waals surface area contributed by atoms with Crippen molar-refractivity contribution in [3.8, 4) is 0 Å². The normalized spacial score (nSPS) is 16.5. The number of rotatable bonds is 4. The van der Waals surface area contributed by atoms with Crippen molar-refractivity contribution in [1.29, 1.82) is 0 Å². The zero-order valence-corrected chi connectivity index (χ0v) is 10.8. The second kappa shape index (κ2) is 3.78. The van der Waals surface area contributed by atoms with E-state index < -0.39 is 8.07 Å². The molecule has 0 amide bonds. The zero-order chi connectivity index (χ0) is 10.9. The number of Topliss-reactive ketones (excluding diaryl/α,β-unsaturated/α-hetero) is 1. The molecule has 0 aliphatic rings. The van der Waals surface area contributed by atoms with Crippen LogP contribution in [0.3, 0.4) is 0 Å². The molecule has 0 radical (unpaired) electrons. The molecule has 0 rings (SSSR count). The maximum Gasteiger partial charge on any atom is 0.139 e. The predicted octanol–water partition coefficient (Wildman–Crippen LogP) is 3.50.